The third-order valence-corrected chi connectivity index (χ3v) is 4.03. The maximum atomic E-state index is 10.6. The van der Waals surface area contributed by atoms with Crippen molar-refractivity contribution in [1.29, 1.82) is 0 Å². The van der Waals surface area contributed by atoms with Crippen molar-refractivity contribution in [2.75, 3.05) is 5.75 Å². The second-order valence-electron chi connectivity index (χ2n) is 4.42. The quantitative estimate of drug-likeness (QED) is 0.479. The number of non-ortho nitro benzene ring substituents is 1. The molecule has 1 aromatic carbocycles. The molecule has 0 radical (unpaired) electrons. The first-order valence-corrected chi connectivity index (χ1v) is 7.53. The first-order valence-electron chi connectivity index (χ1n) is 6.54. The van der Waals surface area contributed by atoms with Crippen LogP contribution in [0, 0.1) is 10.1 Å². The molecule has 0 bridgehead atoms. The molecule has 0 amide bonds. The molecule has 0 aliphatic heterocycles. The number of hydrogen-bond acceptors (Lipinski definition) is 6. The summed E-state index contributed by atoms with van der Waals surface area (Å²) in [5.41, 5.74) is 0.957. The zero-order chi connectivity index (χ0) is 15.2. The number of nitro benzene ring substituents is 1. The zero-order valence-corrected chi connectivity index (χ0v) is 12.4. The van der Waals surface area contributed by atoms with Gasteiger partial charge in [-0.1, -0.05) is 30.8 Å². The summed E-state index contributed by atoms with van der Waals surface area (Å²) in [6, 6.07) is 6.34. The molecule has 8 heteroatoms. The Bertz CT molecular complexity index is 612. The summed E-state index contributed by atoms with van der Waals surface area (Å²) in [6.07, 6.45) is 1.02. The number of rotatable bonds is 7. The SMILES string of the molecule is CCCSc1nnc(CO)n1Cc1ccc([N+](=O)[O-])cc1. The van der Waals surface area contributed by atoms with Crippen LogP contribution in [0.5, 0.6) is 0 Å². The molecule has 1 N–H and O–H groups in total. The molecule has 0 spiro atoms. The lowest BCUT2D eigenvalue weighted by Crippen LogP contribution is -2.07. The third kappa shape index (κ3) is 3.79. The molecule has 0 fully saturated rings. The van der Waals surface area contributed by atoms with Crippen LogP contribution in [0.2, 0.25) is 0 Å². The van der Waals surface area contributed by atoms with Gasteiger partial charge in [0.15, 0.2) is 11.0 Å². The van der Waals surface area contributed by atoms with Crippen LogP contribution < -0.4 is 0 Å². The van der Waals surface area contributed by atoms with Crippen LogP contribution in [-0.2, 0) is 13.2 Å². The monoisotopic (exact) mass is 308 g/mol. The van der Waals surface area contributed by atoms with Gasteiger partial charge in [-0.15, -0.1) is 10.2 Å². The molecular formula is C13H16N4O3S. The molecule has 1 heterocycles. The summed E-state index contributed by atoms with van der Waals surface area (Å²) in [5.74, 6) is 1.41. The Balaban J connectivity index is 2.20. The molecule has 0 unspecified atom stereocenters. The smallest absolute Gasteiger partial charge is 0.269 e. The highest BCUT2D eigenvalue weighted by atomic mass is 32.2. The van der Waals surface area contributed by atoms with Crippen molar-refractivity contribution in [2.45, 2.75) is 31.7 Å². The van der Waals surface area contributed by atoms with Crippen LogP contribution in [0.15, 0.2) is 29.4 Å². The molecule has 112 valence electrons. The fourth-order valence-corrected chi connectivity index (χ4v) is 2.61. The number of thioether (sulfide) groups is 1. The Labute approximate surface area is 126 Å². The van der Waals surface area contributed by atoms with E-state index in [4.69, 9.17) is 0 Å². The molecule has 0 saturated carbocycles. The molecule has 7 nitrogen and oxygen atoms in total. The maximum absolute atomic E-state index is 10.6. The first-order chi connectivity index (χ1) is 10.2. The number of aliphatic hydroxyl groups is 1. The lowest BCUT2D eigenvalue weighted by molar-refractivity contribution is -0.384. The minimum Gasteiger partial charge on any atom is -0.388 e. The van der Waals surface area contributed by atoms with Gasteiger partial charge < -0.3 is 5.11 Å². The molecular weight excluding hydrogens is 292 g/mol. The normalized spacial score (nSPS) is 10.8. The summed E-state index contributed by atoms with van der Waals surface area (Å²) in [6.45, 7) is 2.37. The number of nitro groups is 1. The van der Waals surface area contributed by atoms with Gasteiger partial charge in [-0.25, -0.2) is 0 Å². The van der Waals surface area contributed by atoms with Gasteiger partial charge in [0.25, 0.3) is 5.69 Å². The van der Waals surface area contributed by atoms with Gasteiger partial charge >= 0.3 is 0 Å². The van der Waals surface area contributed by atoms with Crippen molar-refractivity contribution in [3.8, 4) is 0 Å². The van der Waals surface area contributed by atoms with Crippen molar-refractivity contribution in [2.24, 2.45) is 0 Å². The predicted octanol–water partition coefficient (Wildman–Crippen LogP) is 2.23. The van der Waals surface area contributed by atoms with Gasteiger partial charge in [-0.3, -0.25) is 14.7 Å². The minimum absolute atomic E-state index is 0.0606. The number of benzene rings is 1. The molecule has 0 atom stereocenters. The standard InChI is InChI=1S/C13H16N4O3S/c1-2-7-21-13-15-14-12(9-18)16(13)8-10-3-5-11(6-4-10)17(19)20/h3-6,18H,2,7-9H2,1H3. The highest BCUT2D eigenvalue weighted by Gasteiger charge is 2.12. The third-order valence-electron chi connectivity index (χ3n) is 2.86. The fraction of sp³-hybridized carbons (Fsp3) is 0.385. The average molecular weight is 308 g/mol. The Kier molecular flexibility index (Phi) is 5.29. The highest BCUT2D eigenvalue weighted by Crippen LogP contribution is 2.20. The first kappa shape index (κ1) is 15.5. The van der Waals surface area contributed by atoms with E-state index in [0.717, 1.165) is 22.9 Å². The zero-order valence-electron chi connectivity index (χ0n) is 11.6. The van der Waals surface area contributed by atoms with Crippen LogP contribution in [0.1, 0.15) is 24.7 Å². The van der Waals surface area contributed by atoms with Gasteiger partial charge in [0.05, 0.1) is 11.5 Å². The average Bonchev–Trinajstić information content (AvgIpc) is 2.87. The summed E-state index contributed by atoms with van der Waals surface area (Å²) in [7, 11) is 0. The number of aromatic nitrogens is 3. The van der Waals surface area contributed by atoms with Crippen molar-refractivity contribution in [3.05, 3.63) is 45.8 Å². The topological polar surface area (TPSA) is 94.1 Å². The van der Waals surface area contributed by atoms with Gasteiger partial charge in [-0.05, 0) is 12.0 Å². The van der Waals surface area contributed by atoms with E-state index in [0.29, 0.717) is 12.4 Å². The van der Waals surface area contributed by atoms with E-state index < -0.39 is 4.92 Å². The Morgan fingerprint density at radius 3 is 2.62 bits per heavy atom. The van der Waals surface area contributed by atoms with Gasteiger partial charge in [0, 0.05) is 17.9 Å². The van der Waals surface area contributed by atoms with E-state index in [1.807, 2.05) is 4.57 Å². The van der Waals surface area contributed by atoms with Crippen molar-refractivity contribution < 1.29 is 10.0 Å². The number of hydrogen-bond donors (Lipinski definition) is 1. The minimum atomic E-state index is -0.426. The van der Waals surface area contributed by atoms with E-state index in [2.05, 4.69) is 17.1 Å². The molecule has 2 rings (SSSR count). The largest absolute Gasteiger partial charge is 0.388 e. The molecule has 0 saturated heterocycles. The molecule has 2 aromatic rings. The summed E-state index contributed by atoms with van der Waals surface area (Å²) in [4.78, 5) is 10.2. The summed E-state index contributed by atoms with van der Waals surface area (Å²) in [5, 5.41) is 28.8. The molecule has 0 aliphatic rings. The lowest BCUT2D eigenvalue weighted by atomic mass is 10.2. The van der Waals surface area contributed by atoms with E-state index in [1.54, 1.807) is 23.9 Å². The Morgan fingerprint density at radius 2 is 2.05 bits per heavy atom. The summed E-state index contributed by atoms with van der Waals surface area (Å²) >= 11 is 1.58. The lowest BCUT2D eigenvalue weighted by Gasteiger charge is -2.08. The van der Waals surface area contributed by atoms with Crippen LogP contribution in [0.25, 0.3) is 0 Å². The Morgan fingerprint density at radius 1 is 1.33 bits per heavy atom. The molecule has 1 aromatic heterocycles. The second kappa shape index (κ2) is 7.19. The van der Waals surface area contributed by atoms with Crippen molar-refractivity contribution in [3.63, 3.8) is 0 Å². The van der Waals surface area contributed by atoms with Crippen molar-refractivity contribution >= 4 is 17.4 Å². The number of aliphatic hydroxyl groups excluding tert-OH is 1. The van der Waals surface area contributed by atoms with Crippen LogP contribution in [-0.4, -0.2) is 30.5 Å². The van der Waals surface area contributed by atoms with Gasteiger partial charge in [0.2, 0.25) is 0 Å². The van der Waals surface area contributed by atoms with Crippen LogP contribution >= 0.6 is 11.8 Å². The molecule has 0 aliphatic carbocycles. The maximum Gasteiger partial charge on any atom is 0.269 e. The Hall–Kier alpha value is -1.93. The highest BCUT2D eigenvalue weighted by molar-refractivity contribution is 7.99. The van der Waals surface area contributed by atoms with Crippen molar-refractivity contribution in [1.82, 2.24) is 14.8 Å². The van der Waals surface area contributed by atoms with Crippen LogP contribution in [0.3, 0.4) is 0 Å². The van der Waals surface area contributed by atoms with Crippen LogP contribution in [0.4, 0.5) is 5.69 Å². The fourth-order valence-electron chi connectivity index (χ4n) is 1.80. The van der Waals surface area contributed by atoms with E-state index in [9.17, 15) is 15.2 Å². The number of nitrogens with zero attached hydrogens (tertiary/aromatic N) is 4. The summed E-state index contributed by atoms with van der Waals surface area (Å²) < 4.78 is 1.83. The second-order valence-corrected chi connectivity index (χ2v) is 5.48. The molecule has 21 heavy (non-hydrogen) atoms. The van der Waals surface area contributed by atoms with Gasteiger partial charge in [-0.2, -0.15) is 0 Å². The van der Waals surface area contributed by atoms with E-state index in [1.165, 1.54) is 12.1 Å². The predicted molar refractivity (Wildman–Crippen MR) is 79.2 cm³/mol. The van der Waals surface area contributed by atoms with E-state index in [-0.39, 0.29) is 12.3 Å². The van der Waals surface area contributed by atoms with E-state index >= 15 is 0 Å². The van der Waals surface area contributed by atoms with Gasteiger partial charge in [0.1, 0.15) is 6.61 Å².